The lowest BCUT2D eigenvalue weighted by Gasteiger charge is -2.30. The third kappa shape index (κ3) is 5.30. The molecule has 7 nitrogen and oxygen atoms in total. The summed E-state index contributed by atoms with van der Waals surface area (Å²) in [6.07, 6.45) is 0.430. The average molecular weight is 411 g/mol. The van der Waals surface area contributed by atoms with E-state index in [0.717, 1.165) is 19.5 Å². The van der Waals surface area contributed by atoms with E-state index in [2.05, 4.69) is 51.5 Å². The fourth-order valence-electron chi connectivity index (χ4n) is 3.89. The molecule has 30 heavy (non-hydrogen) atoms. The Hall–Kier alpha value is -3.06. The highest BCUT2D eigenvalue weighted by Gasteiger charge is 2.32. The van der Waals surface area contributed by atoms with Gasteiger partial charge in [0, 0.05) is 43.1 Å². The van der Waals surface area contributed by atoms with Gasteiger partial charge in [-0.3, -0.25) is 10.2 Å². The smallest absolute Gasteiger partial charge is 0.411 e. The van der Waals surface area contributed by atoms with Gasteiger partial charge in [0.1, 0.15) is 0 Å². The molecule has 1 fully saturated rings. The van der Waals surface area contributed by atoms with Crippen LogP contribution in [0.1, 0.15) is 31.9 Å². The molecule has 0 unspecified atom stereocenters. The third-order valence-electron chi connectivity index (χ3n) is 5.63. The van der Waals surface area contributed by atoms with Crippen molar-refractivity contribution in [2.75, 3.05) is 37.4 Å². The molecule has 2 atom stereocenters. The fraction of sp³-hybridized carbons (Fsp3) is 0.391. The molecule has 2 N–H and O–H groups in total. The number of hydrogen-bond donors (Lipinski definition) is 2. The predicted octanol–water partition coefficient (Wildman–Crippen LogP) is 4.55. The number of likely N-dealkylation sites (tertiary alicyclic amines) is 1. The molecule has 160 valence electrons. The summed E-state index contributed by atoms with van der Waals surface area (Å²) in [6, 6.07) is 17.8. The van der Waals surface area contributed by atoms with Crippen LogP contribution < -0.4 is 10.6 Å². The first kappa shape index (κ1) is 21.6. The first-order valence-corrected chi connectivity index (χ1v) is 10.3. The number of amides is 3. The monoisotopic (exact) mass is 410 g/mol. The summed E-state index contributed by atoms with van der Waals surface area (Å²) in [5, 5.41) is 5.55. The normalized spacial score (nSPS) is 17.2. The maximum Gasteiger partial charge on any atom is 0.411 e. The van der Waals surface area contributed by atoms with E-state index in [-0.39, 0.29) is 12.1 Å². The molecule has 0 aromatic heterocycles. The fourth-order valence-corrected chi connectivity index (χ4v) is 3.89. The van der Waals surface area contributed by atoms with E-state index in [4.69, 9.17) is 0 Å². The van der Waals surface area contributed by atoms with Crippen LogP contribution in [-0.2, 0) is 4.74 Å². The van der Waals surface area contributed by atoms with Crippen molar-refractivity contribution in [1.29, 1.82) is 0 Å². The Labute approximate surface area is 178 Å². The largest absolute Gasteiger partial charge is 0.453 e. The van der Waals surface area contributed by atoms with Gasteiger partial charge in [-0.25, -0.2) is 9.59 Å². The summed E-state index contributed by atoms with van der Waals surface area (Å²) in [7, 11) is 1.31. The third-order valence-corrected chi connectivity index (χ3v) is 5.63. The van der Waals surface area contributed by atoms with Gasteiger partial charge < -0.3 is 15.0 Å². The number of nitrogens with zero attached hydrogens (tertiary/aromatic N) is 2. The minimum Gasteiger partial charge on any atom is -0.453 e. The number of carbonyl (C=O) groups is 2. The van der Waals surface area contributed by atoms with E-state index in [1.165, 1.54) is 12.7 Å². The molecule has 7 heteroatoms. The lowest BCUT2D eigenvalue weighted by atomic mass is 10.1. The predicted molar refractivity (Wildman–Crippen MR) is 119 cm³/mol. The van der Waals surface area contributed by atoms with E-state index in [1.807, 2.05) is 17.9 Å². The molecular weight excluding hydrogens is 380 g/mol. The van der Waals surface area contributed by atoms with Gasteiger partial charge in [-0.1, -0.05) is 30.3 Å². The van der Waals surface area contributed by atoms with Crippen molar-refractivity contribution in [3.63, 3.8) is 0 Å². The van der Waals surface area contributed by atoms with Gasteiger partial charge in [0.2, 0.25) is 0 Å². The number of methoxy groups -OCH3 is 1. The average Bonchev–Trinajstić information content (AvgIpc) is 3.25. The molecule has 0 spiro atoms. The molecule has 1 aliphatic heterocycles. The minimum absolute atomic E-state index is 0.106. The first-order valence-electron chi connectivity index (χ1n) is 10.3. The number of benzene rings is 2. The molecule has 0 radical (unpaired) electrons. The SMILES string of the molecule is CCN(C(=O)Nc1ccc(NC(=O)OC)cc1)[C@@H]1CCN([C@H](C)c2ccccc2)C1. The van der Waals surface area contributed by atoms with Gasteiger partial charge in [-0.05, 0) is 50.1 Å². The molecule has 1 saturated heterocycles. The second-order valence-electron chi connectivity index (χ2n) is 7.43. The van der Waals surface area contributed by atoms with Crippen molar-refractivity contribution in [1.82, 2.24) is 9.80 Å². The molecule has 0 bridgehead atoms. The van der Waals surface area contributed by atoms with E-state index >= 15 is 0 Å². The van der Waals surface area contributed by atoms with Crippen molar-refractivity contribution in [3.05, 3.63) is 60.2 Å². The van der Waals surface area contributed by atoms with Gasteiger partial charge in [-0.15, -0.1) is 0 Å². The molecule has 3 amide bonds. The maximum atomic E-state index is 12.9. The van der Waals surface area contributed by atoms with Crippen LogP contribution >= 0.6 is 0 Å². The number of nitrogens with one attached hydrogen (secondary N) is 2. The molecular formula is C23H30N4O3. The molecule has 2 aromatic carbocycles. The summed E-state index contributed by atoms with van der Waals surface area (Å²) >= 11 is 0. The summed E-state index contributed by atoms with van der Waals surface area (Å²) in [5.41, 5.74) is 2.58. The summed E-state index contributed by atoms with van der Waals surface area (Å²) in [5.74, 6) is 0. The van der Waals surface area contributed by atoms with Crippen LogP contribution in [0, 0.1) is 0 Å². The Balaban J connectivity index is 1.58. The number of anilines is 2. The van der Waals surface area contributed by atoms with Gasteiger partial charge in [-0.2, -0.15) is 0 Å². The summed E-state index contributed by atoms with van der Waals surface area (Å²) in [6.45, 7) is 6.70. The highest BCUT2D eigenvalue weighted by atomic mass is 16.5. The molecule has 0 saturated carbocycles. The summed E-state index contributed by atoms with van der Waals surface area (Å²) < 4.78 is 4.58. The quantitative estimate of drug-likeness (QED) is 0.732. The number of rotatable bonds is 6. The number of hydrogen-bond acceptors (Lipinski definition) is 4. The highest BCUT2D eigenvalue weighted by molar-refractivity contribution is 5.90. The van der Waals surface area contributed by atoms with Crippen LogP contribution in [0.2, 0.25) is 0 Å². The molecule has 1 aliphatic rings. The second-order valence-corrected chi connectivity index (χ2v) is 7.43. The summed E-state index contributed by atoms with van der Waals surface area (Å²) in [4.78, 5) is 28.5. The molecule has 1 heterocycles. The van der Waals surface area contributed by atoms with Gasteiger partial charge in [0.15, 0.2) is 0 Å². The standard InChI is InChI=1S/C23H30N4O3/c1-4-27(21-14-15-26(16-21)17(2)18-8-6-5-7-9-18)22(28)24-19-10-12-20(13-11-19)25-23(29)30-3/h5-13,17,21H,4,14-16H2,1-3H3,(H,24,28)(H,25,29)/t17-,21-/m1/s1. The van der Waals surface area contributed by atoms with Crippen molar-refractivity contribution >= 4 is 23.5 Å². The molecule has 2 aromatic rings. The van der Waals surface area contributed by atoms with Gasteiger partial charge in [0.25, 0.3) is 0 Å². The molecule has 0 aliphatic carbocycles. The lowest BCUT2D eigenvalue weighted by molar-refractivity contribution is 0.183. The van der Waals surface area contributed by atoms with Crippen LogP contribution in [0.15, 0.2) is 54.6 Å². The van der Waals surface area contributed by atoms with Crippen molar-refractivity contribution in [2.45, 2.75) is 32.4 Å². The van der Waals surface area contributed by atoms with Crippen molar-refractivity contribution < 1.29 is 14.3 Å². The topological polar surface area (TPSA) is 73.9 Å². The maximum absolute atomic E-state index is 12.9. The Kier molecular flexibility index (Phi) is 7.30. The Morgan fingerprint density at radius 1 is 1.10 bits per heavy atom. The lowest BCUT2D eigenvalue weighted by Crippen LogP contribution is -2.44. The van der Waals surface area contributed by atoms with Crippen LogP contribution in [-0.4, -0.2) is 54.7 Å². The van der Waals surface area contributed by atoms with Gasteiger partial charge >= 0.3 is 12.1 Å². The Bertz CT molecular complexity index is 841. The van der Waals surface area contributed by atoms with Crippen molar-refractivity contribution in [3.8, 4) is 0 Å². The zero-order chi connectivity index (χ0) is 21.5. The van der Waals surface area contributed by atoms with Crippen LogP contribution in [0.3, 0.4) is 0 Å². The highest BCUT2D eigenvalue weighted by Crippen LogP contribution is 2.27. The van der Waals surface area contributed by atoms with E-state index in [0.29, 0.717) is 24.0 Å². The number of urea groups is 1. The number of ether oxygens (including phenoxy) is 1. The van der Waals surface area contributed by atoms with Crippen LogP contribution in [0.4, 0.5) is 21.0 Å². The first-order chi connectivity index (χ1) is 14.5. The van der Waals surface area contributed by atoms with E-state index < -0.39 is 6.09 Å². The van der Waals surface area contributed by atoms with E-state index in [1.54, 1.807) is 24.3 Å². The van der Waals surface area contributed by atoms with Crippen LogP contribution in [0.25, 0.3) is 0 Å². The molecule has 3 rings (SSSR count). The van der Waals surface area contributed by atoms with Crippen LogP contribution in [0.5, 0.6) is 0 Å². The zero-order valence-electron chi connectivity index (χ0n) is 17.8. The van der Waals surface area contributed by atoms with Gasteiger partial charge in [0.05, 0.1) is 7.11 Å². The number of carbonyl (C=O) groups excluding carboxylic acids is 2. The van der Waals surface area contributed by atoms with E-state index in [9.17, 15) is 9.59 Å². The van der Waals surface area contributed by atoms with Crippen molar-refractivity contribution in [2.24, 2.45) is 0 Å². The number of likely N-dealkylation sites (N-methyl/N-ethyl adjacent to an activating group) is 1. The minimum atomic E-state index is -0.528. The Morgan fingerprint density at radius 2 is 1.73 bits per heavy atom. The Morgan fingerprint density at radius 3 is 2.33 bits per heavy atom. The zero-order valence-corrected chi connectivity index (χ0v) is 17.8. The second kappa shape index (κ2) is 10.1.